The van der Waals surface area contributed by atoms with Crippen molar-refractivity contribution in [1.82, 2.24) is 19.9 Å². The summed E-state index contributed by atoms with van der Waals surface area (Å²) in [5, 5.41) is 2.21. The van der Waals surface area contributed by atoms with E-state index in [1.807, 2.05) is 72.8 Å². The number of hydrogen-bond acceptors (Lipinski definition) is 4. The molecule has 0 amide bonds. The number of benzene rings is 7. The molecule has 4 nitrogen and oxygen atoms in total. The van der Waals surface area contributed by atoms with Gasteiger partial charge in [0.2, 0.25) is 0 Å². The van der Waals surface area contributed by atoms with Gasteiger partial charge in [-0.05, 0) is 57.3 Å². The maximum atomic E-state index is 5.08. The van der Waals surface area contributed by atoms with Crippen LogP contribution in [-0.4, -0.2) is 19.9 Å². The molecule has 0 saturated heterocycles. The fourth-order valence-corrected chi connectivity index (χ4v) is 6.66. The van der Waals surface area contributed by atoms with Crippen LogP contribution in [-0.2, 0) is 0 Å². The van der Waals surface area contributed by atoms with Gasteiger partial charge in [-0.2, -0.15) is 0 Å². The minimum atomic E-state index is 0.640. The summed E-state index contributed by atoms with van der Waals surface area (Å²) >= 11 is 0. The van der Waals surface area contributed by atoms with E-state index in [1.165, 1.54) is 0 Å². The number of hydrogen-bond donors (Lipinski definition) is 0. The van der Waals surface area contributed by atoms with Gasteiger partial charge in [0.15, 0.2) is 17.5 Å². The molecule has 0 saturated carbocycles. The van der Waals surface area contributed by atoms with E-state index in [2.05, 4.69) is 121 Å². The van der Waals surface area contributed by atoms with Gasteiger partial charge in [0.25, 0.3) is 0 Å². The van der Waals surface area contributed by atoms with Crippen LogP contribution < -0.4 is 0 Å². The monoisotopic (exact) mass is 664 g/mol. The predicted octanol–water partition coefficient (Wildman–Crippen LogP) is 12.1. The molecule has 7 aromatic carbocycles. The summed E-state index contributed by atoms with van der Waals surface area (Å²) in [6.45, 7) is 0. The largest absolute Gasteiger partial charge is 0.248 e. The fraction of sp³-hybridized carbons (Fsp3) is 0. The van der Waals surface area contributed by atoms with Crippen molar-refractivity contribution < 1.29 is 0 Å². The van der Waals surface area contributed by atoms with Gasteiger partial charge in [-0.1, -0.05) is 170 Å². The molecular weight excluding hydrogens is 633 g/mol. The molecule has 0 aliphatic rings. The summed E-state index contributed by atoms with van der Waals surface area (Å²) in [7, 11) is 0. The maximum Gasteiger partial charge on any atom is 0.164 e. The Kier molecular flexibility index (Phi) is 8.16. The minimum absolute atomic E-state index is 0.640. The van der Waals surface area contributed by atoms with Gasteiger partial charge >= 0.3 is 0 Å². The van der Waals surface area contributed by atoms with Crippen LogP contribution in [0.1, 0.15) is 0 Å². The highest BCUT2D eigenvalue weighted by molar-refractivity contribution is 5.99. The lowest BCUT2D eigenvalue weighted by molar-refractivity contribution is 1.08. The van der Waals surface area contributed by atoms with E-state index in [1.54, 1.807) is 0 Å². The zero-order valence-electron chi connectivity index (χ0n) is 28.3. The average Bonchev–Trinajstić information content (AvgIpc) is 3.24. The molecule has 2 aromatic heterocycles. The number of rotatable bonds is 7. The lowest BCUT2D eigenvalue weighted by Gasteiger charge is -2.13. The third kappa shape index (κ3) is 6.26. The molecule has 0 aliphatic heterocycles. The van der Waals surface area contributed by atoms with E-state index in [0.717, 1.165) is 72.2 Å². The fourth-order valence-electron chi connectivity index (χ4n) is 6.66. The van der Waals surface area contributed by atoms with Crippen LogP contribution in [0.25, 0.3) is 89.7 Å². The molecule has 0 atom stereocenters. The van der Waals surface area contributed by atoms with E-state index < -0.39 is 0 Å². The minimum Gasteiger partial charge on any atom is -0.248 e. The first-order valence-corrected chi connectivity index (χ1v) is 17.4. The van der Waals surface area contributed by atoms with Gasteiger partial charge < -0.3 is 0 Å². The molecule has 0 N–H and O–H groups in total. The van der Waals surface area contributed by atoms with Crippen molar-refractivity contribution in [2.45, 2.75) is 0 Å². The van der Waals surface area contributed by atoms with Crippen molar-refractivity contribution in [3.05, 3.63) is 194 Å². The maximum absolute atomic E-state index is 5.08. The molecular formula is C48H32N4. The first kappa shape index (κ1) is 31.0. The molecule has 9 aromatic rings. The topological polar surface area (TPSA) is 51.6 Å². The summed E-state index contributed by atoms with van der Waals surface area (Å²) in [5.74, 6) is 1.93. The zero-order chi connectivity index (χ0) is 34.7. The second-order valence-electron chi connectivity index (χ2n) is 12.7. The van der Waals surface area contributed by atoms with Crippen LogP contribution in [0, 0.1) is 0 Å². The Labute approximate surface area is 302 Å². The molecule has 2 heterocycles. The Morgan fingerprint density at radius 1 is 0.250 bits per heavy atom. The molecule has 0 spiro atoms. The van der Waals surface area contributed by atoms with Crippen molar-refractivity contribution in [2.75, 3.05) is 0 Å². The molecule has 0 fully saturated rings. The molecule has 244 valence electrons. The van der Waals surface area contributed by atoms with Gasteiger partial charge in [0, 0.05) is 27.8 Å². The highest BCUT2D eigenvalue weighted by Gasteiger charge is 2.16. The number of fused-ring (bicyclic) bond motifs is 1. The quantitative estimate of drug-likeness (QED) is 0.170. The van der Waals surface area contributed by atoms with Crippen molar-refractivity contribution in [1.29, 1.82) is 0 Å². The predicted molar refractivity (Wildman–Crippen MR) is 213 cm³/mol. The van der Waals surface area contributed by atoms with Crippen molar-refractivity contribution in [3.8, 4) is 78.9 Å². The van der Waals surface area contributed by atoms with Crippen LogP contribution in [0.15, 0.2) is 194 Å². The van der Waals surface area contributed by atoms with Crippen molar-refractivity contribution >= 4 is 10.8 Å². The third-order valence-electron chi connectivity index (χ3n) is 9.32. The lowest BCUT2D eigenvalue weighted by Crippen LogP contribution is -2.00. The third-order valence-corrected chi connectivity index (χ3v) is 9.32. The van der Waals surface area contributed by atoms with E-state index in [9.17, 15) is 0 Å². The molecule has 0 aliphatic carbocycles. The normalized spacial score (nSPS) is 11.1. The van der Waals surface area contributed by atoms with Gasteiger partial charge in [0.1, 0.15) is 0 Å². The van der Waals surface area contributed by atoms with Gasteiger partial charge in [-0.15, -0.1) is 0 Å². The van der Waals surface area contributed by atoms with Gasteiger partial charge in [-0.3, -0.25) is 0 Å². The zero-order valence-corrected chi connectivity index (χ0v) is 28.3. The average molecular weight is 665 g/mol. The number of pyridine rings is 1. The smallest absolute Gasteiger partial charge is 0.164 e. The Bertz CT molecular complexity index is 2530. The summed E-state index contributed by atoms with van der Waals surface area (Å²) in [5.41, 5.74) is 11.4. The van der Waals surface area contributed by atoms with Crippen LogP contribution in [0.5, 0.6) is 0 Å². The summed E-state index contributed by atoms with van der Waals surface area (Å²) < 4.78 is 0. The highest BCUT2D eigenvalue weighted by Crippen LogP contribution is 2.36. The second kappa shape index (κ2) is 13.7. The summed E-state index contributed by atoms with van der Waals surface area (Å²) in [6.07, 6.45) is 0. The Balaban J connectivity index is 1.15. The lowest BCUT2D eigenvalue weighted by atomic mass is 9.94. The van der Waals surface area contributed by atoms with Gasteiger partial charge in [-0.25, -0.2) is 19.9 Å². The van der Waals surface area contributed by atoms with Crippen molar-refractivity contribution in [3.63, 3.8) is 0 Å². The first-order chi connectivity index (χ1) is 25.7. The van der Waals surface area contributed by atoms with Gasteiger partial charge in [0.05, 0.1) is 11.4 Å². The van der Waals surface area contributed by atoms with E-state index in [4.69, 9.17) is 19.9 Å². The Morgan fingerprint density at radius 2 is 0.654 bits per heavy atom. The molecule has 52 heavy (non-hydrogen) atoms. The summed E-state index contributed by atoms with van der Waals surface area (Å²) in [6, 6.07) is 67.0. The van der Waals surface area contributed by atoms with Crippen LogP contribution in [0.4, 0.5) is 0 Å². The van der Waals surface area contributed by atoms with Crippen LogP contribution in [0.3, 0.4) is 0 Å². The first-order valence-electron chi connectivity index (χ1n) is 17.4. The Hall–Kier alpha value is -7.04. The van der Waals surface area contributed by atoms with Crippen LogP contribution in [0.2, 0.25) is 0 Å². The Morgan fingerprint density at radius 3 is 1.15 bits per heavy atom. The SMILES string of the molecule is c1ccc(-c2cc(-c3ccc(-c4cc(-c5nc(-c6ccccc6)nc(-c6ccccc6)n5)c5ccccc5c4)cc3)cc(-c3ccccc3)n2)cc1. The van der Waals surface area contributed by atoms with E-state index in [0.29, 0.717) is 17.5 Å². The standard InChI is InChI=1S/C48H32N4/c1-5-15-35(16-6-1)44-31-41(32-45(49-44)36-17-7-2-8-18-36)34-27-25-33(26-28-34)40-29-39-23-13-14-24-42(39)43(30-40)48-51-46(37-19-9-3-10-20-37)50-47(52-48)38-21-11-4-12-22-38/h1-32H. The highest BCUT2D eigenvalue weighted by atomic mass is 15.0. The van der Waals surface area contributed by atoms with E-state index >= 15 is 0 Å². The molecule has 0 unspecified atom stereocenters. The second-order valence-corrected chi connectivity index (χ2v) is 12.7. The molecule has 0 bridgehead atoms. The number of aromatic nitrogens is 4. The molecule has 9 rings (SSSR count). The van der Waals surface area contributed by atoms with E-state index in [-0.39, 0.29) is 0 Å². The molecule has 0 radical (unpaired) electrons. The van der Waals surface area contributed by atoms with Crippen LogP contribution >= 0.6 is 0 Å². The summed E-state index contributed by atoms with van der Waals surface area (Å²) in [4.78, 5) is 20.1. The molecule has 4 heteroatoms. The van der Waals surface area contributed by atoms with Crippen molar-refractivity contribution in [2.24, 2.45) is 0 Å². The number of nitrogens with zero attached hydrogens (tertiary/aromatic N) is 4.